The van der Waals surface area contributed by atoms with E-state index in [0.29, 0.717) is 5.56 Å². The number of carbonyl (C=O) groups excluding carboxylic acids is 2. The first-order chi connectivity index (χ1) is 9.81. The predicted molar refractivity (Wildman–Crippen MR) is 82.0 cm³/mol. The Morgan fingerprint density at radius 3 is 2.19 bits per heavy atom. The van der Waals surface area contributed by atoms with Gasteiger partial charge in [-0.25, -0.2) is 0 Å². The van der Waals surface area contributed by atoms with Crippen molar-refractivity contribution in [2.24, 2.45) is 0 Å². The Hall–Kier alpha value is -2.08. The van der Waals surface area contributed by atoms with Crippen LogP contribution in [0.5, 0.6) is 0 Å². The van der Waals surface area contributed by atoms with Crippen molar-refractivity contribution in [3.05, 3.63) is 29.8 Å². The summed E-state index contributed by atoms with van der Waals surface area (Å²) < 4.78 is 0. The molecule has 0 aliphatic rings. The zero-order valence-electron chi connectivity index (χ0n) is 12.9. The average Bonchev–Trinajstić information content (AvgIpc) is 2.43. The number of aliphatic hydroxyl groups is 1. The molecule has 1 atom stereocenters. The molecule has 0 spiro atoms. The van der Waals surface area contributed by atoms with Crippen molar-refractivity contribution in [2.75, 3.05) is 25.5 Å². The molecule has 0 bridgehead atoms. The lowest BCUT2D eigenvalue weighted by Crippen LogP contribution is -2.43. The zero-order valence-corrected chi connectivity index (χ0v) is 12.9. The lowest BCUT2D eigenvalue weighted by molar-refractivity contribution is -0.139. The minimum atomic E-state index is -0.850. The quantitative estimate of drug-likeness (QED) is 0.688. The van der Waals surface area contributed by atoms with Crippen LogP contribution in [-0.2, 0) is 9.59 Å². The fourth-order valence-electron chi connectivity index (χ4n) is 1.71. The zero-order chi connectivity index (χ0) is 16.0. The van der Waals surface area contributed by atoms with Gasteiger partial charge >= 0.3 is 11.8 Å². The highest BCUT2D eigenvalue weighted by Crippen LogP contribution is 2.17. The van der Waals surface area contributed by atoms with Gasteiger partial charge in [-0.15, -0.1) is 0 Å². The van der Waals surface area contributed by atoms with E-state index in [9.17, 15) is 14.7 Å². The predicted octanol–water partition coefficient (Wildman–Crippen LogP) is 0.427. The van der Waals surface area contributed by atoms with Crippen molar-refractivity contribution in [3.63, 3.8) is 0 Å². The van der Waals surface area contributed by atoms with Crippen LogP contribution in [0.25, 0.3) is 0 Å². The van der Waals surface area contributed by atoms with Gasteiger partial charge in [0, 0.05) is 32.4 Å². The second-order valence-corrected chi connectivity index (χ2v) is 5.34. The van der Waals surface area contributed by atoms with E-state index in [4.69, 9.17) is 0 Å². The summed E-state index contributed by atoms with van der Waals surface area (Å²) in [5, 5.41) is 14.9. The summed E-state index contributed by atoms with van der Waals surface area (Å²) >= 11 is 0. The van der Waals surface area contributed by atoms with E-state index in [0.717, 1.165) is 5.69 Å². The maximum absolute atomic E-state index is 11.5. The number of hydrogen-bond acceptors (Lipinski definition) is 4. The molecule has 0 saturated carbocycles. The van der Waals surface area contributed by atoms with E-state index in [1.165, 1.54) is 0 Å². The van der Waals surface area contributed by atoms with Crippen molar-refractivity contribution in [1.82, 2.24) is 10.6 Å². The molecule has 0 aromatic heterocycles. The molecule has 0 saturated heterocycles. The van der Waals surface area contributed by atoms with Crippen LogP contribution < -0.4 is 15.5 Å². The highest BCUT2D eigenvalue weighted by molar-refractivity contribution is 6.35. The molecular formula is C15H23N3O3. The second-order valence-electron chi connectivity index (χ2n) is 5.34. The highest BCUT2D eigenvalue weighted by Gasteiger charge is 2.16. The molecule has 0 aliphatic heterocycles. The lowest BCUT2D eigenvalue weighted by Gasteiger charge is -2.16. The number of benzene rings is 1. The molecule has 0 radical (unpaired) electrons. The molecule has 116 valence electrons. The topological polar surface area (TPSA) is 81.7 Å². The average molecular weight is 293 g/mol. The van der Waals surface area contributed by atoms with Crippen LogP contribution in [0.1, 0.15) is 25.5 Å². The Morgan fingerprint density at radius 2 is 1.71 bits per heavy atom. The normalized spacial score (nSPS) is 11.9. The molecule has 21 heavy (non-hydrogen) atoms. The lowest BCUT2D eigenvalue weighted by atomic mass is 10.1. The van der Waals surface area contributed by atoms with Gasteiger partial charge in [-0.1, -0.05) is 12.1 Å². The maximum Gasteiger partial charge on any atom is 0.309 e. The summed E-state index contributed by atoms with van der Waals surface area (Å²) in [7, 11) is 3.86. The molecular weight excluding hydrogens is 270 g/mol. The summed E-state index contributed by atoms with van der Waals surface area (Å²) in [5.41, 5.74) is 1.71. The molecule has 0 aliphatic carbocycles. The van der Waals surface area contributed by atoms with Crippen molar-refractivity contribution < 1.29 is 14.7 Å². The third kappa shape index (κ3) is 5.43. The highest BCUT2D eigenvalue weighted by atomic mass is 16.3. The molecule has 1 unspecified atom stereocenters. The molecule has 3 N–H and O–H groups in total. The number of nitrogens with one attached hydrogen (secondary N) is 2. The summed E-state index contributed by atoms with van der Waals surface area (Å²) in [6.07, 6.45) is -0.850. The first-order valence-corrected chi connectivity index (χ1v) is 6.85. The van der Waals surface area contributed by atoms with Gasteiger partial charge in [0.15, 0.2) is 0 Å². The van der Waals surface area contributed by atoms with E-state index >= 15 is 0 Å². The van der Waals surface area contributed by atoms with E-state index in [1.54, 1.807) is 26.0 Å². The fourth-order valence-corrected chi connectivity index (χ4v) is 1.71. The second kappa shape index (κ2) is 7.64. The summed E-state index contributed by atoms with van der Waals surface area (Å²) in [6.45, 7) is 3.53. The van der Waals surface area contributed by atoms with Crippen molar-refractivity contribution in [2.45, 2.75) is 26.0 Å². The number of anilines is 1. The van der Waals surface area contributed by atoms with Crippen LogP contribution in [0.4, 0.5) is 5.69 Å². The molecule has 6 heteroatoms. The summed E-state index contributed by atoms with van der Waals surface area (Å²) in [4.78, 5) is 24.9. The van der Waals surface area contributed by atoms with E-state index in [-0.39, 0.29) is 12.6 Å². The van der Waals surface area contributed by atoms with Gasteiger partial charge in [0.05, 0.1) is 6.10 Å². The number of amides is 2. The Labute approximate surface area is 125 Å². The van der Waals surface area contributed by atoms with E-state index < -0.39 is 17.9 Å². The number of rotatable bonds is 5. The first kappa shape index (κ1) is 17.0. The minimum absolute atomic E-state index is 0.00827. The van der Waals surface area contributed by atoms with Crippen LogP contribution in [0.15, 0.2) is 24.3 Å². The molecule has 6 nitrogen and oxygen atoms in total. The maximum atomic E-state index is 11.5. The Kier molecular flexibility index (Phi) is 6.17. The van der Waals surface area contributed by atoms with Gasteiger partial charge in [0.1, 0.15) is 0 Å². The molecule has 2 amide bonds. The first-order valence-electron chi connectivity index (χ1n) is 6.85. The van der Waals surface area contributed by atoms with Crippen LogP contribution >= 0.6 is 0 Å². The Morgan fingerprint density at radius 1 is 1.14 bits per heavy atom. The standard InChI is InChI=1S/C15H23N3O3/c1-10(2)17-15(21)14(20)16-9-13(19)11-5-7-12(8-6-11)18(3)4/h5-8,10,13,19H,9H2,1-4H3,(H,16,20)(H,17,21). The third-order valence-corrected chi connectivity index (χ3v) is 2.88. The number of nitrogens with zero attached hydrogens (tertiary/aromatic N) is 1. The van der Waals surface area contributed by atoms with Crippen molar-refractivity contribution >= 4 is 17.5 Å². The smallest absolute Gasteiger partial charge is 0.309 e. The van der Waals surface area contributed by atoms with Gasteiger partial charge in [0.2, 0.25) is 0 Å². The van der Waals surface area contributed by atoms with E-state index in [2.05, 4.69) is 10.6 Å². The van der Waals surface area contributed by atoms with Gasteiger partial charge in [-0.2, -0.15) is 0 Å². The number of hydrogen-bond donors (Lipinski definition) is 3. The Balaban J connectivity index is 2.51. The molecule has 0 fully saturated rings. The molecule has 1 rings (SSSR count). The van der Waals surface area contributed by atoms with Crippen LogP contribution in [0.3, 0.4) is 0 Å². The molecule has 1 aromatic rings. The van der Waals surface area contributed by atoms with Gasteiger partial charge in [-0.05, 0) is 31.5 Å². The van der Waals surface area contributed by atoms with E-state index in [1.807, 2.05) is 31.1 Å². The van der Waals surface area contributed by atoms with Gasteiger partial charge in [-0.3, -0.25) is 9.59 Å². The molecule has 1 aromatic carbocycles. The number of carbonyl (C=O) groups is 2. The summed E-state index contributed by atoms with van der Waals surface area (Å²) in [6, 6.07) is 7.24. The monoisotopic (exact) mass is 293 g/mol. The third-order valence-electron chi connectivity index (χ3n) is 2.88. The largest absolute Gasteiger partial charge is 0.387 e. The van der Waals surface area contributed by atoms with Crippen LogP contribution in [-0.4, -0.2) is 43.6 Å². The minimum Gasteiger partial charge on any atom is -0.387 e. The Bertz CT molecular complexity index is 483. The van der Waals surface area contributed by atoms with Crippen molar-refractivity contribution in [1.29, 1.82) is 0 Å². The van der Waals surface area contributed by atoms with Gasteiger partial charge < -0.3 is 20.6 Å². The number of aliphatic hydroxyl groups excluding tert-OH is 1. The van der Waals surface area contributed by atoms with Crippen LogP contribution in [0, 0.1) is 0 Å². The van der Waals surface area contributed by atoms with Gasteiger partial charge in [0.25, 0.3) is 0 Å². The van der Waals surface area contributed by atoms with Crippen LogP contribution in [0.2, 0.25) is 0 Å². The SMILES string of the molecule is CC(C)NC(=O)C(=O)NCC(O)c1ccc(N(C)C)cc1. The molecule has 0 heterocycles. The van der Waals surface area contributed by atoms with Crippen molar-refractivity contribution in [3.8, 4) is 0 Å². The fraction of sp³-hybridized carbons (Fsp3) is 0.467. The summed E-state index contributed by atoms with van der Waals surface area (Å²) in [5.74, 6) is -1.44.